The van der Waals surface area contributed by atoms with Gasteiger partial charge in [-0.15, -0.1) is 0 Å². The number of fused-ring (bicyclic) bond motifs is 1. The third-order valence-electron chi connectivity index (χ3n) is 3.08. The molecule has 0 aliphatic carbocycles. The van der Waals surface area contributed by atoms with Gasteiger partial charge in [-0.3, -0.25) is 5.43 Å². The molecular formula is C17H13BrN2. The van der Waals surface area contributed by atoms with Crippen molar-refractivity contribution < 1.29 is 0 Å². The van der Waals surface area contributed by atoms with Gasteiger partial charge in [-0.25, -0.2) is 0 Å². The minimum absolute atomic E-state index is 1.01. The first-order valence-electron chi connectivity index (χ1n) is 6.36. The smallest absolute Gasteiger partial charge is 0.0640 e. The molecule has 1 N–H and O–H groups in total. The van der Waals surface area contributed by atoms with E-state index in [4.69, 9.17) is 0 Å². The van der Waals surface area contributed by atoms with Crippen LogP contribution in [0.25, 0.3) is 10.8 Å². The molecule has 0 bridgehead atoms. The summed E-state index contributed by atoms with van der Waals surface area (Å²) in [6.45, 7) is 0. The highest BCUT2D eigenvalue weighted by molar-refractivity contribution is 9.10. The SMILES string of the molecule is Brc1ccccc1/C=N/Nc1cccc2ccccc12. The number of rotatable bonds is 3. The number of hydrazone groups is 1. The molecule has 0 fully saturated rings. The molecule has 98 valence electrons. The second-order valence-electron chi connectivity index (χ2n) is 4.42. The van der Waals surface area contributed by atoms with Gasteiger partial charge >= 0.3 is 0 Å². The molecule has 20 heavy (non-hydrogen) atoms. The predicted molar refractivity (Wildman–Crippen MR) is 89.3 cm³/mol. The maximum atomic E-state index is 4.32. The molecule has 0 aliphatic rings. The molecule has 3 rings (SSSR count). The van der Waals surface area contributed by atoms with Crippen LogP contribution in [0, 0.1) is 0 Å². The van der Waals surface area contributed by atoms with Gasteiger partial charge in [-0.1, -0.05) is 70.5 Å². The summed E-state index contributed by atoms with van der Waals surface area (Å²) in [6, 6.07) is 22.4. The van der Waals surface area contributed by atoms with Crippen molar-refractivity contribution in [2.75, 3.05) is 5.43 Å². The standard InChI is InChI=1S/C17H13BrN2/c18-16-10-4-2-7-14(16)12-19-20-17-11-5-8-13-6-1-3-9-15(13)17/h1-12,20H/b19-12+. The van der Waals surface area contributed by atoms with Crippen molar-refractivity contribution in [2.24, 2.45) is 5.10 Å². The van der Waals surface area contributed by atoms with Crippen molar-refractivity contribution in [1.29, 1.82) is 0 Å². The molecule has 3 heteroatoms. The summed E-state index contributed by atoms with van der Waals surface area (Å²) >= 11 is 3.50. The van der Waals surface area contributed by atoms with Crippen LogP contribution in [0.4, 0.5) is 5.69 Å². The van der Waals surface area contributed by atoms with E-state index in [1.165, 1.54) is 10.8 Å². The average Bonchev–Trinajstić information content (AvgIpc) is 2.49. The van der Waals surface area contributed by atoms with Gasteiger partial charge < -0.3 is 0 Å². The number of nitrogens with one attached hydrogen (secondary N) is 1. The maximum absolute atomic E-state index is 4.32. The van der Waals surface area contributed by atoms with E-state index in [1.54, 1.807) is 0 Å². The van der Waals surface area contributed by atoms with Crippen molar-refractivity contribution in [3.05, 3.63) is 76.8 Å². The molecule has 3 aromatic carbocycles. The van der Waals surface area contributed by atoms with Crippen molar-refractivity contribution in [2.45, 2.75) is 0 Å². The number of hydrogen-bond donors (Lipinski definition) is 1. The number of benzene rings is 3. The zero-order valence-electron chi connectivity index (χ0n) is 10.8. The van der Waals surface area contributed by atoms with Crippen LogP contribution < -0.4 is 5.43 Å². The third-order valence-corrected chi connectivity index (χ3v) is 3.81. The van der Waals surface area contributed by atoms with Crippen LogP contribution in [0.1, 0.15) is 5.56 Å². The van der Waals surface area contributed by atoms with Crippen molar-refractivity contribution >= 4 is 38.6 Å². The number of anilines is 1. The van der Waals surface area contributed by atoms with Crippen molar-refractivity contribution in [1.82, 2.24) is 0 Å². The second kappa shape index (κ2) is 5.88. The van der Waals surface area contributed by atoms with E-state index in [9.17, 15) is 0 Å². The highest BCUT2D eigenvalue weighted by atomic mass is 79.9. The fraction of sp³-hybridized carbons (Fsp3) is 0. The van der Waals surface area contributed by atoms with Gasteiger partial charge in [0.2, 0.25) is 0 Å². The first-order valence-corrected chi connectivity index (χ1v) is 7.15. The van der Waals surface area contributed by atoms with Crippen LogP contribution in [0.2, 0.25) is 0 Å². The largest absolute Gasteiger partial charge is 0.278 e. The molecule has 0 atom stereocenters. The van der Waals surface area contributed by atoms with E-state index in [0.29, 0.717) is 0 Å². The molecule has 0 aromatic heterocycles. The van der Waals surface area contributed by atoms with E-state index in [0.717, 1.165) is 15.7 Å². The van der Waals surface area contributed by atoms with Crippen LogP contribution >= 0.6 is 15.9 Å². The molecule has 0 amide bonds. The van der Waals surface area contributed by atoms with E-state index in [1.807, 2.05) is 54.7 Å². The molecule has 0 spiro atoms. The topological polar surface area (TPSA) is 24.4 Å². The number of halogens is 1. The normalized spacial score (nSPS) is 11.1. The Hall–Kier alpha value is -2.13. The molecule has 0 radical (unpaired) electrons. The summed E-state index contributed by atoms with van der Waals surface area (Å²) in [5.41, 5.74) is 5.16. The molecule has 0 unspecified atom stereocenters. The summed E-state index contributed by atoms with van der Waals surface area (Å²) in [4.78, 5) is 0. The Morgan fingerprint density at radius 1 is 0.850 bits per heavy atom. The minimum atomic E-state index is 1.01. The lowest BCUT2D eigenvalue weighted by Gasteiger charge is -2.05. The Kier molecular flexibility index (Phi) is 3.79. The average molecular weight is 325 g/mol. The molecule has 0 saturated carbocycles. The van der Waals surface area contributed by atoms with E-state index in [2.05, 4.69) is 44.7 Å². The lowest BCUT2D eigenvalue weighted by molar-refractivity contribution is 1.36. The minimum Gasteiger partial charge on any atom is -0.278 e. The molecule has 2 nitrogen and oxygen atoms in total. The van der Waals surface area contributed by atoms with Gasteiger partial charge in [-0.05, 0) is 17.5 Å². The Bertz CT molecular complexity index is 760. The van der Waals surface area contributed by atoms with E-state index in [-0.39, 0.29) is 0 Å². The highest BCUT2D eigenvalue weighted by Crippen LogP contribution is 2.23. The molecule has 3 aromatic rings. The summed E-state index contributed by atoms with van der Waals surface area (Å²) in [6.07, 6.45) is 1.81. The first kappa shape index (κ1) is 12.9. The van der Waals surface area contributed by atoms with Crippen LogP contribution in [0.3, 0.4) is 0 Å². The fourth-order valence-corrected chi connectivity index (χ4v) is 2.46. The molecule has 0 aliphatic heterocycles. The van der Waals surface area contributed by atoms with Gasteiger partial charge in [0, 0.05) is 15.4 Å². The van der Waals surface area contributed by atoms with Crippen molar-refractivity contribution in [3.8, 4) is 0 Å². The third kappa shape index (κ3) is 2.73. The van der Waals surface area contributed by atoms with Gasteiger partial charge in [0.25, 0.3) is 0 Å². The zero-order chi connectivity index (χ0) is 13.8. The maximum Gasteiger partial charge on any atom is 0.0640 e. The second-order valence-corrected chi connectivity index (χ2v) is 5.27. The summed E-state index contributed by atoms with van der Waals surface area (Å²) in [7, 11) is 0. The van der Waals surface area contributed by atoms with Crippen LogP contribution in [-0.2, 0) is 0 Å². The molecule has 0 heterocycles. The van der Waals surface area contributed by atoms with Crippen molar-refractivity contribution in [3.63, 3.8) is 0 Å². The number of hydrogen-bond acceptors (Lipinski definition) is 2. The lowest BCUT2D eigenvalue weighted by Crippen LogP contribution is -1.92. The molecule has 0 saturated heterocycles. The Morgan fingerprint density at radius 2 is 1.60 bits per heavy atom. The van der Waals surface area contributed by atoms with Gasteiger partial charge in [0.05, 0.1) is 11.9 Å². The highest BCUT2D eigenvalue weighted by Gasteiger charge is 1.98. The summed E-state index contributed by atoms with van der Waals surface area (Å²) in [5, 5.41) is 6.69. The fourth-order valence-electron chi connectivity index (χ4n) is 2.07. The van der Waals surface area contributed by atoms with Crippen LogP contribution in [-0.4, -0.2) is 6.21 Å². The Morgan fingerprint density at radius 3 is 2.50 bits per heavy atom. The van der Waals surface area contributed by atoms with Gasteiger partial charge in [0.1, 0.15) is 0 Å². The van der Waals surface area contributed by atoms with Crippen LogP contribution in [0.15, 0.2) is 76.3 Å². The Labute approximate surface area is 126 Å². The lowest BCUT2D eigenvalue weighted by atomic mass is 10.1. The van der Waals surface area contributed by atoms with E-state index < -0.39 is 0 Å². The predicted octanol–water partition coefficient (Wildman–Crippen LogP) is 5.05. The van der Waals surface area contributed by atoms with E-state index >= 15 is 0 Å². The van der Waals surface area contributed by atoms with Gasteiger partial charge in [0.15, 0.2) is 0 Å². The monoisotopic (exact) mass is 324 g/mol. The van der Waals surface area contributed by atoms with Gasteiger partial charge in [-0.2, -0.15) is 5.10 Å². The Balaban J connectivity index is 1.86. The summed E-state index contributed by atoms with van der Waals surface area (Å²) in [5.74, 6) is 0. The zero-order valence-corrected chi connectivity index (χ0v) is 12.3. The molecular weight excluding hydrogens is 312 g/mol. The van der Waals surface area contributed by atoms with Crippen LogP contribution in [0.5, 0.6) is 0 Å². The number of nitrogens with zero attached hydrogens (tertiary/aromatic N) is 1. The first-order chi connectivity index (χ1) is 9.84. The quantitative estimate of drug-likeness (QED) is 0.529. The summed E-state index contributed by atoms with van der Waals surface area (Å²) < 4.78 is 1.03.